The molecule has 0 aliphatic rings. The van der Waals surface area contributed by atoms with Crippen LogP contribution in [0.2, 0.25) is 0 Å². The number of benzene rings is 2. The molecule has 0 aliphatic carbocycles. The average Bonchev–Trinajstić information content (AvgIpc) is 2.51. The molecule has 0 fully saturated rings. The largest absolute Gasteiger partial charge is 0.297 e. The average molecular weight is 285 g/mol. The normalized spacial score (nSPS) is 12.8. The van der Waals surface area contributed by atoms with Crippen molar-refractivity contribution in [2.75, 3.05) is 13.1 Å². The maximum Gasteiger partial charge on any atom is 0.0349 e. The third-order valence-electron chi connectivity index (χ3n) is 3.78. The Morgan fingerprint density at radius 1 is 0.800 bits per heavy atom. The fourth-order valence-corrected chi connectivity index (χ4v) is 5.47. The molecule has 2 aromatic carbocycles. The molecule has 2 aromatic rings. The van der Waals surface area contributed by atoms with Gasteiger partial charge in [0.15, 0.2) is 0 Å². The Balaban J connectivity index is 2.40. The van der Waals surface area contributed by atoms with Gasteiger partial charge in [0, 0.05) is 5.78 Å². The second kappa shape index (κ2) is 7.57. The van der Waals surface area contributed by atoms with Gasteiger partial charge in [0.1, 0.15) is 0 Å². The summed E-state index contributed by atoms with van der Waals surface area (Å²) >= 11 is 0. The molecule has 0 saturated heterocycles. The molecule has 0 radical (unpaired) electrons. The van der Waals surface area contributed by atoms with Crippen LogP contribution in [0.5, 0.6) is 0 Å². The number of hydrogen-bond acceptors (Lipinski definition) is 1. The maximum absolute atomic E-state index is 2.56. The van der Waals surface area contributed by atoms with Crippen LogP contribution < -0.4 is 10.6 Å². The van der Waals surface area contributed by atoms with Gasteiger partial charge in [0.05, 0.1) is 0 Å². The van der Waals surface area contributed by atoms with Crippen molar-refractivity contribution in [2.45, 2.75) is 26.6 Å². The Bertz CT molecular complexity index is 454. The Hall–Kier alpha value is -1.17. The van der Waals surface area contributed by atoms with E-state index in [4.69, 9.17) is 0 Å². The molecule has 0 amide bonds. The van der Waals surface area contributed by atoms with E-state index in [0.29, 0.717) is 5.78 Å². The Labute approximate surface area is 124 Å². The third-order valence-corrected chi connectivity index (χ3v) is 6.57. The van der Waals surface area contributed by atoms with Crippen molar-refractivity contribution in [3.05, 3.63) is 60.7 Å². The van der Waals surface area contributed by atoms with Gasteiger partial charge in [0.25, 0.3) is 0 Å². The van der Waals surface area contributed by atoms with Crippen LogP contribution in [0, 0.1) is 0 Å². The minimum atomic E-state index is -0.337. The summed E-state index contributed by atoms with van der Waals surface area (Å²) < 4.78 is 0. The highest BCUT2D eigenvalue weighted by Crippen LogP contribution is 2.40. The van der Waals surface area contributed by atoms with E-state index in [2.05, 4.69) is 86.3 Å². The molecule has 1 atom stereocenters. The highest BCUT2D eigenvalue weighted by atomic mass is 31.1. The Morgan fingerprint density at radius 2 is 1.20 bits per heavy atom. The van der Waals surface area contributed by atoms with Crippen LogP contribution in [0.1, 0.15) is 20.8 Å². The first kappa shape index (κ1) is 15.2. The minimum Gasteiger partial charge on any atom is -0.297 e. The van der Waals surface area contributed by atoms with Gasteiger partial charge >= 0.3 is 0 Å². The molecule has 0 N–H and O–H groups in total. The van der Waals surface area contributed by atoms with E-state index in [1.165, 1.54) is 10.6 Å². The van der Waals surface area contributed by atoms with Crippen LogP contribution >= 0.6 is 7.92 Å². The number of rotatable bonds is 6. The van der Waals surface area contributed by atoms with E-state index in [-0.39, 0.29) is 7.92 Å². The van der Waals surface area contributed by atoms with Crippen LogP contribution in [0.4, 0.5) is 0 Å². The van der Waals surface area contributed by atoms with E-state index in [9.17, 15) is 0 Å². The van der Waals surface area contributed by atoms with Crippen molar-refractivity contribution in [1.29, 1.82) is 0 Å². The zero-order valence-electron chi connectivity index (χ0n) is 12.7. The lowest BCUT2D eigenvalue weighted by Gasteiger charge is -2.34. The van der Waals surface area contributed by atoms with E-state index in [1.54, 1.807) is 0 Å². The van der Waals surface area contributed by atoms with Crippen molar-refractivity contribution in [3.63, 3.8) is 0 Å². The summed E-state index contributed by atoms with van der Waals surface area (Å²) in [4.78, 5) is 2.56. The fourth-order valence-electron chi connectivity index (χ4n) is 2.67. The van der Waals surface area contributed by atoms with Crippen LogP contribution in [0.3, 0.4) is 0 Å². The topological polar surface area (TPSA) is 3.24 Å². The van der Waals surface area contributed by atoms with Gasteiger partial charge in [-0.1, -0.05) is 74.5 Å². The van der Waals surface area contributed by atoms with Crippen LogP contribution in [0.15, 0.2) is 60.7 Å². The summed E-state index contributed by atoms with van der Waals surface area (Å²) in [5.41, 5.74) is 0. The van der Waals surface area contributed by atoms with Crippen LogP contribution in [0.25, 0.3) is 0 Å². The first-order chi connectivity index (χ1) is 9.77. The van der Waals surface area contributed by atoms with E-state index in [1.807, 2.05) is 0 Å². The van der Waals surface area contributed by atoms with Gasteiger partial charge in [-0.2, -0.15) is 0 Å². The smallest absolute Gasteiger partial charge is 0.0349 e. The molecule has 20 heavy (non-hydrogen) atoms. The van der Waals surface area contributed by atoms with Gasteiger partial charge in [0.2, 0.25) is 0 Å². The van der Waals surface area contributed by atoms with Gasteiger partial charge in [-0.3, -0.25) is 4.90 Å². The number of nitrogens with zero attached hydrogens (tertiary/aromatic N) is 1. The van der Waals surface area contributed by atoms with Crippen molar-refractivity contribution < 1.29 is 0 Å². The molecule has 0 aliphatic heterocycles. The monoisotopic (exact) mass is 285 g/mol. The second-order valence-corrected chi connectivity index (χ2v) is 7.41. The Kier molecular flexibility index (Phi) is 5.76. The second-order valence-electron chi connectivity index (χ2n) is 4.89. The summed E-state index contributed by atoms with van der Waals surface area (Å²) in [6.07, 6.45) is 0. The fraction of sp³-hybridized carbons (Fsp3) is 0.333. The molecule has 2 heteroatoms. The molecule has 106 valence electrons. The van der Waals surface area contributed by atoms with Crippen molar-refractivity contribution in [3.8, 4) is 0 Å². The molecular weight excluding hydrogens is 261 g/mol. The molecule has 0 saturated carbocycles. The summed E-state index contributed by atoms with van der Waals surface area (Å²) in [6.45, 7) is 9.10. The summed E-state index contributed by atoms with van der Waals surface area (Å²) in [7, 11) is -0.337. The third kappa shape index (κ3) is 3.48. The lowest BCUT2D eigenvalue weighted by atomic mass is 10.4. The van der Waals surface area contributed by atoms with Crippen molar-refractivity contribution in [1.82, 2.24) is 4.90 Å². The Morgan fingerprint density at radius 3 is 1.55 bits per heavy atom. The lowest BCUT2D eigenvalue weighted by molar-refractivity contribution is 0.294. The molecular formula is C18H24NP. The van der Waals surface area contributed by atoms with Crippen molar-refractivity contribution in [2.24, 2.45) is 0 Å². The van der Waals surface area contributed by atoms with E-state index < -0.39 is 0 Å². The minimum absolute atomic E-state index is 0.337. The molecule has 0 bridgehead atoms. The molecule has 2 rings (SSSR count). The van der Waals surface area contributed by atoms with Crippen molar-refractivity contribution >= 4 is 18.5 Å². The standard InChI is InChI=1S/C18H24NP/c1-4-19(5-2)16(3)20(17-12-8-6-9-13-17)18-14-10-7-11-15-18/h6-16H,4-5H2,1-3H3. The summed E-state index contributed by atoms with van der Waals surface area (Å²) in [5, 5.41) is 2.93. The van der Waals surface area contributed by atoms with Gasteiger partial charge in [-0.05, 0) is 38.5 Å². The quantitative estimate of drug-likeness (QED) is 0.730. The first-order valence-electron chi connectivity index (χ1n) is 7.41. The van der Waals surface area contributed by atoms with Gasteiger partial charge < -0.3 is 0 Å². The molecule has 1 nitrogen and oxygen atoms in total. The predicted octanol–water partition coefficient (Wildman–Crippen LogP) is 3.81. The van der Waals surface area contributed by atoms with E-state index in [0.717, 1.165) is 13.1 Å². The predicted molar refractivity (Wildman–Crippen MR) is 91.5 cm³/mol. The zero-order valence-corrected chi connectivity index (χ0v) is 13.6. The molecule has 0 spiro atoms. The molecule has 0 heterocycles. The molecule has 0 aromatic heterocycles. The molecule has 1 unspecified atom stereocenters. The highest BCUT2D eigenvalue weighted by Gasteiger charge is 2.24. The summed E-state index contributed by atoms with van der Waals surface area (Å²) in [5.74, 6) is 0.560. The number of hydrogen-bond donors (Lipinski definition) is 0. The first-order valence-corrected chi connectivity index (χ1v) is 8.82. The van der Waals surface area contributed by atoms with Gasteiger partial charge in [-0.25, -0.2) is 0 Å². The summed E-state index contributed by atoms with van der Waals surface area (Å²) in [6, 6.07) is 21.9. The van der Waals surface area contributed by atoms with Gasteiger partial charge in [-0.15, -0.1) is 0 Å². The van der Waals surface area contributed by atoms with E-state index >= 15 is 0 Å². The zero-order chi connectivity index (χ0) is 14.4. The lowest BCUT2D eigenvalue weighted by Crippen LogP contribution is -2.36. The highest BCUT2D eigenvalue weighted by molar-refractivity contribution is 7.73. The van der Waals surface area contributed by atoms with Crippen LogP contribution in [-0.2, 0) is 0 Å². The SMILES string of the molecule is CCN(CC)C(C)P(c1ccccc1)c1ccccc1. The van der Waals surface area contributed by atoms with Crippen LogP contribution in [-0.4, -0.2) is 23.8 Å². The maximum atomic E-state index is 2.56.